The Kier molecular flexibility index (Phi) is 6.85. The average Bonchev–Trinajstić information content (AvgIpc) is 3.04. The summed E-state index contributed by atoms with van der Waals surface area (Å²) in [5.41, 5.74) is -3.80. The molecule has 7 nitrogen and oxygen atoms in total. The molecule has 0 aromatic heterocycles. The van der Waals surface area contributed by atoms with Gasteiger partial charge in [0.2, 0.25) is 0 Å². The second kappa shape index (κ2) is 8.89. The van der Waals surface area contributed by atoms with Crippen molar-refractivity contribution >= 4 is 11.8 Å². The van der Waals surface area contributed by atoms with Crippen molar-refractivity contribution < 1.29 is 34.8 Å². The van der Waals surface area contributed by atoms with E-state index in [4.69, 9.17) is 4.74 Å². The van der Waals surface area contributed by atoms with Crippen molar-refractivity contribution in [1.82, 2.24) is 0 Å². The van der Waals surface area contributed by atoms with Gasteiger partial charge in [0.15, 0.2) is 5.78 Å². The van der Waals surface area contributed by atoms with Crippen LogP contribution in [0.25, 0.3) is 0 Å². The number of esters is 1. The van der Waals surface area contributed by atoms with Gasteiger partial charge in [0.1, 0.15) is 6.10 Å². The molecule has 0 heterocycles. The first-order valence-electron chi connectivity index (χ1n) is 13.7. The molecule has 204 valence electrons. The van der Waals surface area contributed by atoms with Crippen molar-refractivity contribution in [3.8, 4) is 0 Å². The molecule has 36 heavy (non-hydrogen) atoms. The molecule has 7 heteroatoms. The summed E-state index contributed by atoms with van der Waals surface area (Å²) in [6.07, 6.45) is 5.48. The first-order chi connectivity index (χ1) is 16.5. The van der Waals surface area contributed by atoms with E-state index in [1.165, 1.54) is 6.92 Å². The Morgan fingerprint density at radius 2 is 1.78 bits per heavy atom. The van der Waals surface area contributed by atoms with E-state index in [0.717, 1.165) is 18.4 Å². The van der Waals surface area contributed by atoms with Gasteiger partial charge in [0, 0.05) is 18.3 Å². The highest BCUT2D eigenvalue weighted by molar-refractivity contribution is 5.95. The molecule has 9 atom stereocenters. The van der Waals surface area contributed by atoms with E-state index < -0.39 is 28.3 Å². The molecule has 3 fully saturated rings. The van der Waals surface area contributed by atoms with Crippen LogP contribution in [0.5, 0.6) is 0 Å². The lowest BCUT2D eigenvalue weighted by atomic mass is 9.46. The molecule has 0 aromatic carbocycles. The summed E-state index contributed by atoms with van der Waals surface area (Å²) in [6, 6.07) is 0. The molecule has 0 saturated heterocycles. The number of ketones is 1. The third-order valence-electron chi connectivity index (χ3n) is 10.8. The number of hydrogen-bond acceptors (Lipinski definition) is 7. The van der Waals surface area contributed by atoms with E-state index in [-0.39, 0.29) is 47.4 Å². The third-order valence-corrected chi connectivity index (χ3v) is 10.8. The van der Waals surface area contributed by atoms with Crippen molar-refractivity contribution in [3.05, 3.63) is 11.6 Å². The van der Waals surface area contributed by atoms with Crippen LogP contribution in [0.4, 0.5) is 0 Å². The van der Waals surface area contributed by atoms with Gasteiger partial charge in [-0.05, 0) is 107 Å². The van der Waals surface area contributed by atoms with Gasteiger partial charge in [-0.25, -0.2) is 0 Å². The second-order valence-electron chi connectivity index (χ2n) is 13.6. The molecule has 0 spiro atoms. The van der Waals surface area contributed by atoms with Crippen LogP contribution in [0.3, 0.4) is 0 Å². The molecule has 0 amide bonds. The van der Waals surface area contributed by atoms with Crippen LogP contribution in [0.1, 0.15) is 99.3 Å². The minimum absolute atomic E-state index is 0.00120. The van der Waals surface area contributed by atoms with Gasteiger partial charge < -0.3 is 25.2 Å². The highest BCUT2D eigenvalue weighted by Crippen LogP contribution is 2.68. The number of fused-ring (bicyclic) bond motifs is 5. The first-order valence-corrected chi connectivity index (χ1v) is 13.7. The molecule has 3 saturated carbocycles. The van der Waals surface area contributed by atoms with E-state index in [9.17, 15) is 30.0 Å². The van der Waals surface area contributed by atoms with Crippen LogP contribution >= 0.6 is 0 Å². The predicted octanol–water partition coefficient (Wildman–Crippen LogP) is 3.45. The fourth-order valence-corrected chi connectivity index (χ4v) is 8.60. The zero-order chi connectivity index (χ0) is 26.9. The molecular formula is C29H46O7. The Morgan fingerprint density at radius 1 is 1.11 bits per heavy atom. The van der Waals surface area contributed by atoms with Crippen molar-refractivity contribution in [2.75, 3.05) is 0 Å². The maximum absolute atomic E-state index is 13.5. The zero-order valence-electron chi connectivity index (χ0n) is 22.8. The molecule has 4 aliphatic carbocycles. The van der Waals surface area contributed by atoms with Gasteiger partial charge >= 0.3 is 5.97 Å². The number of hydrogen-bond donors (Lipinski definition) is 4. The van der Waals surface area contributed by atoms with Crippen molar-refractivity contribution in [2.24, 2.45) is 28.6 Å². The lowest BCUT2D eigenvalue weighted by Crippen LogP contribution is -2.62. The number of carbonyl (C=O) groups excluding carboxylic acids is 2. The van der Waals surface area contributed by atoms with E-state index in [1.54, 1.807) is 26.8 Å². The van der Waals surface area contributed by atoms with E-state index in [0.29, 0.717) is 38.5 Å². The van der Waals surface area contributed by atoms with Gasteiger partial charge in [-0.15, -0.1) is 0 Å². The van der Waals surface area contributed by atoms with Crippen LogP contribution in [0, 0.1) is 28.6 Å². The van der Waals surface area contributed by atoms with Gasteiger partial charge in [-0.1, -0.05) is 13.8 Å². The topological polar surface area (TPSA) is 124 Å². The smallest absolute Gasteiger partial charge is 0.302 e. The van der Waals surface area contributed by atoms with E-state index >= 15 is 0 Å². The summed E-state index contributed by atoms with van der Waals surface area (Å²) in [6.45, 7) is 10.6. The van der Waals surface area contributed by atoms with Crippen molar-refractivity contribution in [1.29, 1.82) is 0 Å². The molecular weight excluding hydrogens is 460 g/mol. The first kappa shape index (κ1) is 27.7. The SMILES string of the molecule is CC(=O)O[C@H]1CC[C@@]2(C)[C@H](C1)C(=O)C=C1[C@@H]2CC[C@]2(C)[C@@H](C(C)(O)C(O)CCC(C)(C)O)CC[C@@]12O. The molecule has 4 rings (SSSR count). The molecule has 4 N–H and O–H groups in total. The van der Waals surface area contributed by atoms with Crippen LogP contribution in [0.15, 0.2) is 11.6 Å². The number of ether oxygens (including phenoxy) is 1. The highest BCUT2D eigenvalue weighted by atomic mass is 16.5. The minimum atomic E-state index is -1.44. The molecule has 0 aliphatic heterocycles. The quantitative estimate of drug-likeness (QED) is 0.407. The lowest BCUT2D eigenvalue weighted by Gasteiger charge is -2.60. The summed E-state index contributed by atoms with van der Waals surface area (Å²) >= 11 is 0. The van der Waals surface area contributed by atoms with E-state index in [1.807, 2.05) is 6.92 Å². The van der Waals surface area contributed by atoms with Gasteiger partial charge in [-0.2, -0.15) is 0 Å². The number of rotatable bonds is 6. The summed E-state index contributed by atoms with van der Waals surface area (Å²) in [5, 5.41) is 45.0. The fourth-order valence-electron chi connectivity index (χ4n) is 8.60. The van der Waals surface area contributed by atoms with Crippen LogP contribution in [0.2, 0.25) is 0 Å². The molecule has 0 aromatic rings. The maximum atomic E-state index is 13.5. The van der Waals surface area contributed by atoms with Crippen LogP contribution in [-0.4, -0.2) is 61.2 Å². The minimum Gasteiger partial charge on any atom is -0.463 e. The Bertz CT molecular complexity index is 932. The van der Waals surface area contributed by atoms with Crippen molar-refractivity contribution in [3.63, 3.8) is 0 Å². The monoisotopic (exact) mass is 506 g/mol. The number of aliphatic hydroxyl groups is 4. The Labute approximate surface area is 215 Å². The van der Waals surface area contributed by atoms with Gasteiger partial charge in [-0.3, -0.25) is 9.59 Å². The molecule has 2 unspecified atom stereocenters. The van der Waals surface area contributed by atoms with Gasteiger partial charge in [0.25, 0.3) is 0 Å². The maximum Gasteiger partial charge on any atom is 0.302 e. The summed E-state index contributed by atoms with van der Waals surface area (Å²) in [4.78, 5) is 25.0. The molecule has 4 aliphatic rings. The number of carbonyl (C=O) groups is 2. The summed E-state index contributed by atoms with van der Waals surface area (Å²) in [7, 11) is 0. The average molecular weight is 507 g/mol. The Morgan fingerprint density at radius 3 is 2.39 bits per heavy atom. The third kappa shape index (κ3) is 4.28. The number of aliphatic hydroxyl groups excluding tert-OH is 1. The lowest BCUT2D eigenvalue weighted by molar-refractivity contribution is -0.174. The van der Waals surface area contributed by atoms with Crippen LogP contribution < -0.4 is 0 Å². The Hall–Kier alpha value is -1.28. The molecule has 0 radical (unpaired) electrons. The normalized spacial score (nSPS) is 42.9. The van der Waals surface area contributed by atoms with Crippen molar-refractivity contribution in [2.45, 2.75) is 128 Å². The van der Waals surface area contributed by atoms with Gasteiger partial charge in [0.05, 0.1) is 22.9 Å². The standard InChI is InChI=1S/C29H46O7/c1-17(30)36-18-7-12-26(4)19-8-13-27(5)23(28(6,34)24(32)10-11-25(2,3)33)9-14-29(27,35)20(19)16-22(31)21(26)15-18/h16,18-19,21,23-24,32-35H,7-15H2,1-6H3/t18-,19-,21+,23-,24?,26+,27+,28?,29+/m0/s1. The fraction of sp³-hybridized carbons (Fsp3) is 0.862. The zero-order valence-corrected chi connectivity index (χ0v) is 22.8. The summed E-state index contributed by atoms with van der Waals surface area (Å²) in [5.74, 6) is -0.853. The largest absolute Gasteiger partial charge is 0.463 e. The van der Waals surface area contributed by atoms with E-state index in [2.05, 4.69) is 6.92 Å². The Balaban J connectivity index is 1.62. The molecule has 0 bridgehead atoms. The second-order valence-corrected chi connectivity index (χ2v) is 13.6. The highest BCUT2D eigenvalue weighted by Gasteiger charge is 2.68. The summed E-state index contributed by atoms with van der Waals surface area (Å²) < 4.78 is 5.46. The van der Waals surface area contributed by atoms with Crippen LogP contribution in [-0.2, 0) is 14.3 Å². The number of allylic oxidation sites excluding steroid dienone is 1. The predicted molar refractivity (Wildman–Crippen MR) is 135 cm³/mol.